The van der Waals surface area contributed by atoms with Crippen LogP contribution in [0.3, 0.4) is 0 Å². The van der Waals surface area contributed by atoms with Crippen LogP contribution in [0.5, 0.6) is 0 Å². The maximum Gasteiger partial charge on any atom is 0.0543 e. The van der Waals surface area contributed by atoms with Crippen molar-refractivity contribution in [3.8, 4) is 0 Å². The van der Waals surface area contributed by atoms with Gasteiger partial charge in [-0.3, -0.25) is 0 Å². The van der Waals surface area contributed by atoms with Gasteiger partial charge in [0, 0.05) is 0 Å². The fourth-order valence-electron chi connectivity index (χ4n) is 4.07. The lowest BCUT2D eigenvalue weighted by molar-refractivity contribution is 0.0640. The minimum absolute atomic E-state index is 0.0200. The van der Waals surface area contributed by atoms with Crippen LogP contribution in [0.25, 0.3) is 0 Å². The molecular weight excluding hydrogens is 208 g/mol. The second kappa shape index (κ2) is 6.78. The fourth-order valence-corrected chi connectivity index (χ4v) is 4.07. The number of aliphatic hydroxyl groups excluding tert-OH is 1. The van der Waals surface area contributed by atoms with Crippen LogP contribution in [0, 0.1) is 17.8 Å². The monoisotopic (exact) mass is 238 g/mol. The van der Waals surface area contributed by atoms with E-state index >= 15 is 0 Å². The maximum atomic E-state index is 9.78. The highest BCUT2D eigenvalue weighted by molar-refractivity contribution is 4.82. The number of aliphatic hydroxyl groups is 1. The van der Waals surface area contributed by atoms with Crippen molar-refractivity contribution in [2.45, 2.75) is 83.7 Å². The first-order valence-corrected chi connectivity index (χ1v) is 7.97. The standard InChI is InChI=1S/C16H30O/c1-2-3-5-13-8-10-14(11-9-13)15-6-4-7-16(17)12-15/h13-17H,2-12H2,1H3/t13-,14+,15-,16-/m1/s1. The van der Waals surface area contributed by atoms with Crippen molar-refractivity contribution in [1.29, 1.82) is 0 Å². The van der Waals surface area contributed by atoms with E-state index in [9.17, 15) is 5.11 Å². The molecule has 0 aliphatic heterocycles. The van der Waals surface area contributed by atoms with Gasteiger partial charge >= 0.3 is 0 Å². The Kier molecular flexibility index (Phi) is 5.34. The van der Waals surface area contributed by atoms with Crippen LogP contribution in [0.15, 0.2) is 0 Å². The molecule has 17 heavy (non-hydrogen) atoms. The van der Waals surface area contributed by atoms with E-state index in [0.717, 1.165) is 30.6 Å². The van der Waals surface area contributed by atoms with Crippen LogP contribution in [-0.4, -0.2) is 11.2 Å². The lowest BCUT2D eigenvalue weighted by atomic mass is 9.70. The van der Waals surface area contributed by atoms with Crippen LogP contribution in [0.2, 0.25) is 0 Å². The van der Waals surface area contributed by atoms with E-state index in [1.807, 2.05) is 0 Å². The Labute approximate surface area is 107 Å². The summed E-state index contributed by atoms with van der Waals surface area (Å²) in [5, 5.41) is 9.78. The highest BCUT2D eigenvalue weighted by Gasteiger charge is 2.30. The van der Waals surface area contributed by atoms with Gasteiger partial charge in [-0.25, -0.2) is 0 Å². The topological polar surface area (TPSA) is 20.2 Å². The Morgan fingerprint density at radius 1 is 0.941 bits per heavy atom. The fraction of sp³-hybridized carbons (Fsp3) is 1.00. The SMILES string of the molecule is CCCC[C@H]1CC[C@@H]([C@@H]2CCC[C@@H](O)C2)CC1. The summed E-state index contributed by atoms with van der Waals surface area (Å²) in [6.45, 7) is 2.30. The molecule has 1 heteroatoms. The lowest BCUT2D eigenvalue weighted by Gasteiger charge is -2.37. The molecule has 0 heterocycles. The number of rotatable bonds is 4. The molecule has 2 rings (SSSR count). The van der Waals surface area contributed by atoms with E-state index < -0.39 is 0 Å². The van der Waals surface area contributed by atoms with E-state index in [1.165, 1.54) is 57.8 Å². The predicted octanol–water partition coefficient (Wildman–Crippen LogP) is 4.53. The summed E-state index contributed by atoms with van der Waals surface area (Å²) >= 11 is 0. The average Bonchev–Trinajstić information content (AvgIpc) is 2.37. The van der Waals surface area contributed by atoms with Crippen LogP contribution in [0.1, 0.15) is 77.6 Å². The molecule has 2 aliphatic carbocycles. The third-order valence-corrected chi connectivity index (χ3v) is 5.21. The summed E-state index contributed by atoms with van der Waals surface area (Å²) in [7, 11) is 0. The average molecular weight is 238 g/mol. The van der Waals surface area contributed by atoms with Crippen molar-refractivity contribution in [1.82, 2.24) is 0 Å². The van der Waals surface area contributed by atoms with Gasteiger partial charge in [-0.2, -0.15) is 0 Å². The zero-order valence-electron chi connectivity index (χ0n) is 11.5. The van der Waals surface area contributed by atoms with Gasteiger partial charge in [0.05, 0.1) is 6.10 Å². The molecule has 0 saturated heterocycles. The Bertz CT molecular complexity index is 206. The van der Waals surface area contributed by atoms with Crippen molar-refractivity contribution in [2.24, 2.45) is 17.8 Å². The summed E-state index contributed by atoms with van der Waals surface area (Å²) in [6, 6.07) is 0. The van der Waals surface area contributed by atoms with Gasteiger partial charge in [0.25, 0.3) is 0 Å². The van der Waals surface area contributed by atoms with Crippen LogP contribution < -0.4 is 0 Å². The first-order chi connectivity index (χ1) is 8.29. The number of unbranched alkanes of at least 4 members (excludes halogenated alkanes) is 1. The summed E-state index contributed by atoms with van der Waals surface area (Å²) in [5.74, 6) is 2.83. The Morgan fingerprint density at radius 3 is 2.35 bits per heavy atom. The molecule has 1 N–H and O–H groups in total. The first kappa shape index (κ1) is 13.4. The molecule has 0 unspecified atom stereocenters. The molecule has 0 aromatic carbocycles. The summed E-state index contributed by atoms with van der Waals surface area (Å²) in [6.07, 6.45) is 14.9. The van der Waals surface area contributed by atoms with Gasteiger partial charge in [0.2, 0.25) is 0 Å². The zero-order chi connectivity index (χ0) is 12.1. The van der Waals surface area contributed by atoms with Crippen molar-refractivity contribution in [2.75, 3.05) is 0 Å². The van der Waals surface area contributed by atoms with Crippen molar-refractivity contribution in [3.05, 3.63) is 0 Å². The third-order valence-electron chi connectivity index (χ3n) is 5.21. The smallest absolute Gasteiger partial charge is 0.0543 e. The highest BCUT2D eigenvalue weighted by Crippen LogP contribution is 2.41. The quantitative estimate of drug-likeness (QED) is 0.762. The summed E-state index contributed by atoms with van der Waals surface area (Å²) in [4.78, 5) is 0. The molecule has 2 atom stereocenters. The molecule has 100 valence electrons. The zero-order valence-corrected chi connectivity index (χ0v) is 11.5. The number of hydrogen-bond donors (Lipinski definition) is 1. The van der Waals surface area contributed by atoms with Crippen LogP contribution in [-0.2, 0) is 0 Å². The molecule has 0 aromatic heterocycles. The molecule has 2 saturated carbocycles. The minimum Gasteiger partial charge on any atom is -0.393 e. The van der Waals surface area contributed by atoms with Crippen molar-refractivity contribution < 1.29 is 5.11 Å². The van der Waals surface area contributed by atoms with Gasteiger partial charge in [0.1, 0.15) is 0 Å². The molecule has 2 fully saturated rings. The lowest BCUT2D eigenvalue weighted by Crippen LogP contribution is -2.28. The van der Waals surface area contributed by atoms with Gasteiger partial charge in [-0.1, -0.05) is 45.4 Å². The van der Waals surface area contributed by atoms with Gasteiger partial charge in [-0.15, -0.1) is 0 Å². The van der Waals surface area contributed by atoms with Gasteiger partial charge < -0.3 is 5.11 Å². The molecule has 0 radical (unpaired) electrons. The predicted molar refractivity (Wildman–Crippen MR) is 72.9 cm³/mol. The summed E-state index contributed by atoms with van der Waals surface area (Å²) in [5.41, 5.74) is 0. The van der Waals surface area contributed by atoms with Crippen molar-refractivity contribution in [3.63, 3.8) is 0 Å². The van der Waals surface area contributed by atoms with Crippen LogP contribution >= 0.6 is 0 Å². The largest absolute Gasteiger partial charge is 0.393 e. The molecule has 0 amide bonds. The third kappa shape index (κ3) is 3.98. The second-order valence-corrected chi connectivity index (χ2v) is 6.50. The van der Waals surface area contributed by atoms with Gasteiger partial charge in [-0.05, 0) is 49.9 Å². The Morgan fingerprint density at radius 2 is 1.71 bits per heavy atom. The van der Waals surface area contributed by atoms with Crippen molar-refractivity contribution >= 4 is 0 Å². The van der Waals surface area contributed by atoms with E-state index in [2.05, 4.69) is 6.92 Å². The summed E-state index contributed by atoms with van der Waals surface area (Å²) < 4.78 is 0. The van der Waals surface area contributed by atoms with E-state index in [-0.39, 0.29) is 6.10 Å². The van der Waals surface area contributed by atoms with E-state index in [1.54, 1.807) is 0 Å². The van der Waals surface area contributed by atoms with Gasteiger partial charge in [0.15, 0.2) is 0 Å². The van der Waals surface area contributed by atoms with Crippen LogP contribution in [0.4, 0.5) is 0 Å². The second-order valence-electron chi connectivity index (χ2n) is 6.50. The highest BCUT2D eigenvalue weighted by atomic mass is 16.3. The Balaban J connectivity index is 1.71. The molecule has 0 bridgehead atoms. The molecule has 0 spiro atoms. The molecule has 0 aromatic rings. The molecular formula is C16H30O. The van der Waals surface area contributed by atoms with E-state index in [4.69, 9.17) is 0 Å². The first-order valence-electron chi connectivity index (χ1n) is 7.97. The Hall–Kier alpha value is -0.0400. The maximum absolute atomic E-state index is 9.78. The number of hydrogen-bond acceptors (Lipinski definition) is 1. The minimum atomic E-state index is 0.0200. The normalized spacial score (nSPS) is 39.2. The molecule has 1 nitrogen and oxygen atoms in total. The molecule has 2 aliphatic rings. The van der Waals surface area contributed by atoms with E-state index in [0.29, 0.717) is 0 Å².